The summed E-state index contributed by atoms with van der Waals surface area (Å²) in [4.78, 5) is 34.5. The topological polar surface area (TPSA) is 114 Å². The van der Waals surface area contributed by atoms with Crippen molar-refractivity contribution in [2.75, 3.05) is 13.2 Å². The highest BCUT2D eigenvalue weighted by Gasteiger charge is 2.36. The summed E-state index contributed by atoms with van der Waals surface area (Å²) < 4.78 is 10.7. The van der Waals surface area contributed by atoms with Crippen molar-refractivity contribution in [1.82, 2.24) is 10.6 Å². The number of carbonyl (C=O) groups is 3. The third-order valence-electron chi connectivity index (χ3n) is 3.47. The molecule has 1 rings (SSSR count). The Kier molecular flexibility index (Phi) is 7.83. The number of benzene rings is 1. The number of amides is 2. The van der Waals surface area contributed by atoms with E-state index in [9.17, 15) is 19.5 Å². The molecule has 0 aliphatic carbocycles. The molecule has 0 saturated carbocycles. The Morgan fingerprint density at radius 1 is 1.15 bits per heavy atom. The standard InChI is InChI=1S/C18H28N2O6Si/c1-12(21)19-9-10-25-14-7-5-13(6-8-14)11-18(27,15(22)23)20-16(24)26-17(2,3)4/h5-8H,9-11H2,1-4,27H3,(H,19,21)(H,20,24)(H,22,23). The van der Waals surface area contributed by atoms with E-state index in [0.717, 1.165) is 5.56 Å². The van der Waals surface area contributed by atoms with Crippen LogP contribution in [0.2, 0.25) is 0 Å². The summed E-state index contributed by atoms with van der Waals surface area (Å²) in [5.74, 6) is -0.613. The molecular formula is C18H28N2O6Si. The number of aliphatic carboxylic acids is 1. The van der Waals surface area contributed by atoms with Crippen LogP contribution < -0.4 is 15.4 Å². The molecule has 150 valence electrons. The lowest BCUT2D eigenvalue weighted by Crippen LogP contribution is -2.57. The van der Waals surface area contributed by atoms with E-state index in [1.165, 1.54) is 6.92 Å². The summed E-state index contributed by atoms with van der Waals surface area (Å²) in [6.07, 6.45) is -0.613. The summed E-state index contributed by atoms with van der Waals surface area (Å²) in [6.45, 7) is 7.31. The van der Waals surface area contributed by atoms with E-state index >= 15 is 0 Å². The molecule has 0 fully saturated rings. The van der Waals surface area contributed by atoms with Crippen LogP contribution in [0.1, 0.15) is 33.3 Å². The van der Waals surface area contributed by atoms with Crippen molar-refractivity contribution in [1.29, 1.82) is 0 Å². The number of alkyl carbamates (subject to hydrolysis) is 1. The van der Waals surface area contributed by atoms with Crippen LogP contribution >= 0.6 is 0 Å². The van der Waals surface area contributed by atoms with Crippen molar-refractivity contribution in [3.8, 4) is 5.75 Å². The molecule has 1 atom stereocenters. The molecule has 1 unspecified atom stereocenters. The predicted octanol–water partition coefficient (Wildman–Crippen LogP) is 0.415. The number of rotatable bonds is 8. The molecule has 2 amide bonds. The third-order valence-corrected chi connectivity index (χ3v) is 4.51. The SMILES string of the molecule is CC(=O)NCCOc1ccc(CC([SiH3])(NC(=O)OC(C)(C)C)C(=O)O)cc1. The fourth-order valence-corrected chi connectivity index (χ4v) is 2.82. The molecule has 9 heteroatoms. The van der Waals surface area contributed by atoms with Gasteiger partial charge in [-0.2, -0.15) is 0 Å². The molecular weight excluding hydrogens is 368 g/mol. The lowest BCUT2D eigenvalue weighted by atomic mass is 10.1. The number of ether oxygens (including phenoxy) is 2. The predicted molar refractivity (Wildman–Crippen MR) is 104 cm³/mol. The average Bonchev–Trinajstić information content (AvgIpc) is 2.50. The molecule has 0 aliphatic heterocycles. The van der Waals surface area contributed by atoms with Gasteiger partial charge in [0, 0.05) is 13.3 Å². The summed E-state index contributed by atoms with van der Waals surface area (Å²) >= 11 is 0. The van der Waals surface area contributed by atoms with Gasteiger partial charge in [-0.25, -0.2) is 4.79 Å². The number of hydrogen-bond acceptors (Lipinski definition) is 5. The Morgan fingerprint density at radius 3 is 2.22 bits per heavy atom. The van der Waals surface area contributed by atoms with E-state index in [0.29, 0.717) is 18.9 Å². The third kappa shape index (κ3) is 8.58. The van der Waals surface area contributed by atoms with Crippen molar-refractivity contribution in [2.45, 2.75) is 44.9 Å². The fourth-order valence-electron chi connectivity index (χ4n) is 2.21. The van der Waals surface area contributed by atoms with Crippen molar-refractivity contribution >= 4 is 28.2 Å². The van der Waals surface area contributed by atoms with Gasteiger partial charge in [0.25, 0.3) is 0 Å². The van der Waals surface area contributed by atoms with Gasteiger partial charge >= 0.3 is 12.1 Å². The molecule has 0 saturated heterocycles. The summed E-state index contributed by atoms with van der Waals surface area (Å²) in [6, 6.07) is 6.95. The maximum absolute atomic E-state index is 12.0. The minimum absolute atomic E-state index is 0.122. The molecule has 0 radical (unpaired) electrons. The Labute approximate surface area is 162 Å². The van der Waals surface area contributed by atoms with Crippen LogP contribution in [0.5, 0.6) is 5.75 Å². The monoisotopic (exact) mass is 396 g/mol. The van der Waals surface area contributed by atoms with Crippen LogP contribution in [0.3, 0.4) is 0 Å². The van der Waals surface area contributed by atoms with E-state index in [-0.39, 0.29) is 22.6 Å². The second-order valence-corrected chi connectivity index (χ2v) is 9.12. The smallest absolute Gasteiger partial charge is 0.408 e. The zero-order valence-electron chi connectivity index (χ0n) is 16.4. The summed E-state index contributed by atoms with van der Waals surface area (Å²) in [5.41, 5.74) is 0.0408. The zero-order valence-corrected chi connectivity index (χ0v) is 18.4. The molecule has 8 nitrogen and oxygen atoms in total. The van der Waals surface area contributed by atoms with E-state index in [4.69, 9.17) is 9.47 Å². The van der Waals surface area contributed by atoms with Gasteiger partial charge in [-0.05, 0) is 38.5 Å². The number of carboxylic acids is 1. The highest BCUT2D eigenvalue weighted by molar-refractivity contribution is 6.28. The lowest BCUT2D eigenvalue weighted by Gasteiger charge is -2.28. The van der Waals surface area contributed by atoms with Crippen LogP contribution in [0.25, 0.3) is 0 Å². The van der Waals surface area contributed by atoms with Crippen molar-refractivity contribution < 1.29 is 29.0 Å². The van der Waals surface area contributed by atoms with E-state index in [2.05, 4.69) is 10.6 Å². The number of carbonyl (C=O) groups excluding carboxylic acids is 2. The molecule has 0 aliphatic rings. The first-order valence-corrected chi connectivity index (χ1v) is 9.62. The lowest BCUT2D eigenvalue weighted by molar-refractivity contribution is -0.141. The van der Waals surface area contributed by atoms with Gasteiger partial charge in [-0.3, -0.25) is 9.59 Å². The Morgan fingerprint density at radius 2 is 1.74 bits per heavy atom. The van der Waals surface area contributed by atoms with Gasteiger partial charge < -0.3 is 25.2 Å². The normalized spacial score (nSPS) is 13.3. The average molecular weight is 397 g/mol. The van der Waals surface area contributed by atoms with Crippen LogP contribution in [0, 0.1) is 0 Å². The van der Waals surface area contributed by atoms with Crippen LogP contribution in [-0.4, -0.2) is 57.2 Å². The van der Waals surface area contributed by atoms with Gasteiger partial charge in [-0.15, -0.1) is 0 Å². The Bertz CT molecular complexity index is 671. The zero-order chi connectivity index (χ0) is 20.7. The second-order valence-electron chi connectivity index (χ2n) is 7.42. The first-order chi connectivity index (χ1) is 12.4. The second kappa shape index (κ2) is 9.40. The Hall–Kier alpha value is -2.55. The minimum atomic E-state index is -1.38. The molecule has 1 aromatic rings. The van der Waals surface area contributed by atoms with Crippen LogP contribution in [0.15, 0.2) is 24.3 Å². The largest absolute Gasteiger partial charge is 0.492 e. The number of nitrogens with one attached hydrogen (secondary N) is 2. The molecule has 0 heterocycles. The summed E-state index contributed by atoms with van der Waals surface area (Å²) in [7, 11) is 0.192. The van der Waals surface area contributed by atoms with Crippen molar-refractivity contribution in [3.05, 3.63) is 29.8 Å². The highest BCUT2D eigenvalue weighted by atomic mass is 28.1. The van der Waals surface area contributed by atoms with E-state index in [1.807, 2.05) is 0 Å². The number of carboxylic acid groups (broad SMARTS) is 1. The molecule has 1 aromatic carbocycles. The maximum Gasteiger partial charge on any atom is 0.408 e. The summed E-state index contributed by atoms with van der Waals surface area (Å²) in [5, 5.41) is 13.3. The van der Waals surface area contributed by atoms with Crippen LogP contribution in [0.4, 0.5) is 4.79 Å². The quantitative estimate of drug-likeness (QED) is 0.433. The molecule has 3 N–H and O–H groups in total. The first kappa shape index (κ1) is 22.5. The molecule has 0 bridgehead atoms. The van der Waals surface area contributed by atoms with E-state index < -0.39 is 22.8 Å². The van der Waals surface area contributed by atoms with Gasteiger partial charge in [0.1, 0.15) is 23.1 Å². The Balaban J connectivity index is 2.70. The van der Waals surface area contributed by atoms with Gasteiger partial charge in [0.15, 0.2) is 0 Å². The molecule has 27 heavy (non-hydrogen) atoms. The first-order valence-electron chi connectivity index (χ1n) is 8.62. The molecule has 0 aromatic heterocycles. The number of hydrogen-bond donors (Lipinski definition) is 3. The van der Waals surface area contributed by atoms with Gasteiger partial charge in [0.2, 0.25) is 5.91 Å². The van der Waals surface area contributed by atoms with Crippen molar-refractivity contribution in [3.63, 3.8) is 0 Å². The van der Waals surface area contributed by atoms with E-state index in [1.54, 1.807) is 45.0 Å². The highest BCUT2D eigenvalue weighted by Crippen LogP contribution is 2.17. The molecule has 0 spiro atoms. The van der Waals surface area contributed by atoms with Gasteiger partial charge in [0.05, 0.1) is 16.8 Å². The maximum atomic E-state index is 12.0. The fraction of sp³-hybridized carbons (Fsp3) is 0.500. The minimum Gasteiger partial charge on any atom is -0.492 e. The van der Waals surface area contributed by atoms with Crippen molar-refractivity contribution in [2.24, 2.45) is 0 Å². The van der Waals surface area contributed by atoms with Gasteiger partial charge in [-0.1, -0.05) is 12.1 Å². The van der Waals surface area contributed by atoms with Crippen LogP contribution in [-0.2, 0) is 20.7 Å².